The number of Topliss-reactive ketones (excluding diaryl/α,β-unsaturated/α-hetero) is 1. The molecule has 0 aromatic carbocycles. The summed E-state index contributed by atoms with van der Waals surface area (Å²) < 4.78 is 38.7. The van der Waals surface area contributed by atoms with Crippen LogP contribution in [0.25, 0.3) is 0 Å². The zero-order valence-corrected chi connectivity index (χ0v) is 18.7. The van der Waals surface area contributed by atoms with E-state index in [4.69, 9.17) is 11.6 Å². The number of aryl methyl sites for hydroxylation is 1. The molecule has 0 spiro atoms. The maximum atomic E-state index is 12.9. The summed E-state index contributed by atoms with van der Waals surface area (Å²) in [6.07, 6.45) is -0.297. The van der Waals surface area contributed by atoms with E-state index in [-0.39, 0.29) is 52.4 Å². The highest BCUT2D eigenvalue weighted by molar-refractivity contribution is 6.33. The molecule has 1 saturated heterocycles. The van der Waals surface area contributed by atoms with Gasteiger partial charge in [0.1, 0.15) is 11.5 Å². The Balaban J connectivity index is 1.43. The molecule has 1 N–H and O–H groups in total. The van der Waals surface area contributed by atoms with Gasteiger partial charge in [-0.05, 0) is 50.7 Å². The predicted octanol–water partition coefficient (Wildman–Crippen LogP) is 4.69. The maximum absolute atomic E-state index is 12.9. The lowest BCUT2D eigenvalue weighted by Gasteiger charge is -2.34. The minimum absolute atomic E-state index is 0.00730. The molecule has 11 heteroatoms. The minimum Gasteiger partial charge on any atom is -0.355 e. The first-order valence-corrected chi connectivity index (χ1v) is 11.2. The Morgan fingerprint density at radius 3 is 2.64 bits per heavy atom. The fraction of sp³-hybridized carbons (Fsp3) is 0.500. The summed E-state index contributed by atoms with van der Waals surface area (Å²) in [5.74, 6) is 0.0490. The number of anilines is 2. The lowest BCUT2D eigenvalue weighted by Crippen LogP contribution is -2.37. The minimum atomic E-state index is -4.52. The van der Waals surface area contributed by atoms with Gasteiger partial charge < -0.3 is 4.90 Å². The van der Waals surface area contributed by atoms with Crippen LogP contribution in [0.3, 0.4) is 0 Å². The molecule has 0 radical (unpaired) electrons. The number of hydrogen-bond acceptors (Lipinski definition) is 6. The standard InChI is InChI=1S/C22H23ClF3N5O2/c1-12-7-17(29-21(28-12)30-20(33)14-4-5-14)18(32)8-13-3-2-6-31(11-13)19-16(23)9-15(10-27-19)22(24,25)26/h7,9-10,13-14H,2-6,8,11H2,1H3,(H,28,29,30,33)/t13-/m0/s1. The van der Waals surface area contributed by atoms with Gasteiger partial charge in [0.05, 0.1) is 10.6 Å². The van der Waals surface area contributed by atoms with Gasteiger partial charge in [0, 0.05) is 37.3 Å². The second-order valence-electron chi connectivity index (χ2n) is 8.59. The van der Waals surface area contributed by atoms with Gasteiger partial charge in [-0.1, -0.05) is 11.6 Å². The molecule has 3 heterocycles. The van der Waals surface area contributed by atoms with Crippen molar-refractivity contribution in [3.05, 3.63) is 40.3 Å². The largest absolute Gasteiger partial charge is 0.417 e. The van der Waals surface area contributed by atoms with Crippen molar-refractivity contribution in [2.24, 2.45) is 11.8 Å². The zero-order valence-electron chi connectivity index (χ0n) is 18.0. The number of nitrogens with zero attached hydrogens (tertiary/aromatic N) is 4. The summed E-state index contributed by atoms with van der Waals surface area (Å²) in [4.78, 5) is 39.1. The summed E-state index contributed by atoms with van der Waals surface area (Å²) in [6.45, 7) is 2.76. The number of aromatic nitrogens is 3. The molecule has 2 aromatic rings. The van der Waals surface area contributed by atoms with E-state index in [1.54, 1.807) is 13.0 Å². The van der Waals surface area contributed by atoms with Crippen LogP contribution < -0.4 is 10.2 Å². The number of carbonyl (C=O) groups is 2. The third kappa shape index (κ3) is 5.79. The van der Waals surface area contributed by atoms with E-state index in [0.29, 0.717) is 18.8 Å². The normalized spacial score (nSPS) is 18.8. The van der Waals surface area contributed by atoms with Gasteiger partial charge in [-0.25, -0.2) is 15.0 Å². The third-order valence-electron chi connectivity index (χ3n) is 5.76. The van der Waals surface area contributed by atoms with Crippen LogP contribution in [-0.4, -0.2) is 39.7 Å². The van der Waals surface area contributed by atoms with Gasteiger partial charge in [-0.15, -0.1) is 0 Å². The number of pyridine rings is 1. The van der Waals surface area contributed by atoms with Crippen LogP contribution in [0.15, 0.2) is 18.3 Å². The summed E-state index contributed by atoms with van der Waals surface area (Å²) in [7, 11) is 0. The first kappa shape index (κ1) is 23.4. The van der Waals surface area contributed by atoms with Crippen LogP contribution >= 0.6 is 11.6 Å². The van der Waals surface area contributed by atoms with Crippen LogP contribution in [-0.2, 0) is 11.0 Å². The number of rotatable bonds is 6. The number of carbonyl (C=O) groups excluding carboxylic acids is 2. The Labute approximate surface area is 193 Å². The molecule has 1 amide bonds. The maximum Gasteiger partial charge on any atom is 0.417 e. The van der Waals surface area contributed by atoms with Gasteiger partial charge >= 0.3 is 6.18 Å². The van der Waals surface area contributed by atoms with Crippen LogP contribution in [0.4, 0.5) is 24.9 Å². The van der Waals surface area contributed by atoms with E-state index >= 15 is 0 Å². The van der Waals surface area contributed by atoms with Gasteiger partial charge in [-0.3, -0.25) is 14.9 Å². The van der Waals surface area contributed by atoms with E-state index in [2.05, 4.69) is 20.3 Å². The quantitative estimate of drug-likeness (QED) is 0.602. The van der Waals surface area contributed by atoms with Crippen molar-refractivity contribution in [3.8, 4) is 0 Å². The molecule has 2 aromatic heterocycles. The van der Waals surface area contributed by atoms with Crippen molar-refractivity contribution in [1.29, 1.82) is 0 Å². The Hall–Kier alpha value is -2.75. The number of ketones is 1. The smallest absolute Gasteiger partial charge is 0.355 e. The Bertz CT molecular complexity index is 1070. The lowest BCUT2D eigenvalue weighted by atomic mass is 9.92. The van der Waals surface area contributed by atoms with E-state index in [9.17, 15) is 22.8 Å². The highest BCUT2D eigenvalue weighted by atomic mass is 35.5. The second kappa shape index (κ2) is 9.24. The van der Waals surface area contributed by atoms with Crippen molar-refractivity contribution < 1.29 is 22.8 Å². The molecule has 0 bridgehead atoms. The van der Waals surface area contributed by atoms with Gasteiger partial charge in [0.25, 0.3) is 0 Å². The van der Waals surface area contributed by atoms with Crippen molar-refractivity contribution in [2.45, 2.75) is 45.2 Å². The summed E-state index contributed by atoms with van der Waals surface area (Å²) in [6, 6.07) is 2.46. The highest BCUT2D eigenvalue weighted by Gasteiger charge is 2.33. The predicted molar refractivity (Wildman–Crippen MR) is 116 cm³/mol. The lowest BCUT2D eigenvalue weighted by molar-refractivity contribution is -0.137. The highest BCUT2D eigenvalue weighted by Crippen LogP contribution is 2.35. The van der Waals surface area contributed by atoms with E-state index in [0.717, 1.165) is 37.9 Å². The monoisotopic (exact) mass is 481 g/mol. The van der Waals surface area contributed by atoms with Gasteiger partial charge in [0.15, 0.2) is 5.78 Å². The molecular formula is C22H23ClF3N5O2. The van der Waals surface area contributed by atoms with Crippen molar-refractivity contribution in [1.82, 2.24) is 15.0 Å². The number of piperidine rings is 1. The van der Waals surface area contributed by atoms with Crippen LogP contribution in [0.5, 0.6) is 0 Å². The first-order chi connectivity index (χ1) is 15.6. The molecule has 1 atom stereocenters. The SMILES string of the molecule is Cc1cc(C(=O)C[C@@H]2CCCN(c3ncc(C(F)(F)F)cc3Cl)C2)nc(NC(=O)C2CC2)n1. The molecule has 1 saturated carbocycles. The fourth-order valence-electron chi connectivity index (χ4n) is 3.93. The molecule has 176 valence electrons. The molecular weight excluding hydrogens is 459 g/mol. The molecule has 1 aliphatic heterocycles. The summed E-state index contributed by atoms with van der Waals surface area (Å²) in [5.41, 5.74) is -0.0921. The number of amides is 1. The number of nitrogens with one attached hydrogen (secondary N) is 1. The van der Waals surface area contributed by atoms with Crippen molar-refractivity contribution in [3.63, 3.8) is 0 Å². The molecule has 4 rings (SSSR count). The van der Waals surface area contributed by atoms with E-state index < -0.39 is 11.7 Å². The molecule has 2 fully saturated rings. The number of alkyl halides is 3. The van der Waals surface area contributed by atoms with Crippen LogP contribution in [0, 0.1) is 18.8 Å². The van der Waals surface area contributed by atoms with E-state index in [1.165, 1.54) is 0 Å². The average Bonchev–Trinajstić information content (AvgIpc) is 3.58. The number of halogens is 4. The number of hydrogen-bond donors (Lipinski definition) is 1. The van der Waals surface area contributed by atoms with Crippen molar-refractivity contribution in [2.75, 3.05) is 23.3 Å². The molecule has 33 heavy (non-hydrogen) atoms. The Morgan fingerprint density at radius 2 is 1.97 bits per heavy atom. The zero-order chi connectivity index (χ0) is 23.8. The van der Waals surface area contributed by atoms with Crippen LogP contribution in [0.1, 0.15) is 53.8 Å². The third-order valence-corrected chi connectivity index (χ3v) is 6.04. The molecule has 1 aliphatic carbocycles. The molecule has 0 unspecified atom stereocenters. The summed E-state index contributed by atoms with van der Waals surface area (Å²) in [5, 5.41) is 2.60. The molecule has 2 aliphatic rings. The van der Waals surface area contributed by atoms with Crippen LogP contribution in [0.2, 0.25) is 5.02 Å². The molecule has 7 nitrogen and oxygen atoms in total. The first-order valence-electron chi connectivity index (χ1n) is 10.8. The second-order valence-corrected chi connectivity index (χ2v) is 9.00. The van der Waals surface area contributed by atoms with Gasteiger partial charge in [-0.2, -0.15) is 13.2 Å². The fourth-order valence-corrected chi connectivity index (χ4v) is 4.22. The van der Waals surface area contributed by atoms with E-state index in [1.807, 2.05) is 4.90 Å². The Morgan fingerprint density at radius 1 is 1.21 bits per heavy atom. The van der Waals surface area contributed by atoms with Crippen molar-refractivity contribution >= 4 is 35.1 Å². The topological polar surface area (TPSA) is 88.1 Å². The summed E-state index contributed by atoms with van der Waals surface area (Å²) >= 11 is 6.10. The Kier molecular flexibility index (Phi) is 6.56. The van der Waals surface area contributed by atoms with Gasteiger partial charge in [0.2, 0.25) is 11.9 Å². The average molecular weight is 482 g/mol.